The number of amides is 1. The van der Waals surface area contributed by atoms with Gasteiger partial charge in [-0.2, -0.15) is 0 Å². The van der Waals surface area contributed by atoms with Crippen LogP contribution < -0.4 is 9.47 Å². The number of ether oxygens (including phenoxy) is 2. The first-order valence-electron chi connectivity index (χ1n) is 21.8. The molecule has 356 valence electrons. The maximum atomic E-state index is 16.8. The fraction of sp³-hybridized carbons (Fsp3) is 0.520. The number of fused-ring (bicyclic) bond motifs is 1. The van der Waals surface area contributed by atoms with Crippen LogP contribution >= 0.6 is 12.6 Å². The second-order valence-electron chi connectivity index (χ2n) is 18.1. The normalized spacial score (nSPS) is 22.2. The van der Waals surface area contributed by atoms with Gasteiger partial charge in [0.25, 0.3) is 17.8 Å². The zero-order chi connectivity index (χ0) is 48.5. The molecule has 2 unspecified atom stereocenters. The van der Waals surface area contributed by atoms with Crippen molar-refractivity contribution in [1.29, 1.82) is 0 Å². The number of hydrogen-bond donors (Lipinski definition) is 1. The van der Waals surface area contributed by atoms with Crippen molar-refractivity contribution >= 4 is 34.4 Å². The molecule has 0 aliphatic carbocycles. The van der Waals surface area contributed by atoms with E-state index in [-0.39, 0.29) is 39.0 Å². The minimum Gasteiger partial charge on any atom is -0.496 e. The Labute approximate surface area is 384 Å². The minimum absolute atomic E-state index is 0.00196. The summed E-state index contributed by atoms with van der Waals surface area (Å²) in [5, 5.41) is 0.599. The number of piperidine rings is 2. The van der Waals surface area contributed by atoms with E-state index in [1.165, 1.54) is 39.2 Å². The van der Waals surface area contributed by atoms with Crippen LogP contribution in [0.4, 0.5) is 30.7 Å². The average Bonchev–Trinajstić information content (AvgIpc) is 3.23. The predicted octanol–water partition coefficient (Wildman–Crippen LogP) is 11.4. The Hall–Kier alpha value is -4.34. The lowest BCUT2D eigenvalue weighted by atomic mass is 9.60. The number of methoxy groups -OCH3 is 2. The first-order valence-corrected chi connectivity index (χ1v) is 22.2. The van der Waals surface area contributed by atoms with Crippen molar-refractivity contribution < 1.29 is 49.8 Å². The van der Waals surface area contributed by atoms with Crippen molar-refractivity contribution in [3.05, 3.63) is 96.1 Å². The molecule has 7 nitrogen and oxygen atoms in total. The first-order chi connectivity index (χ1) is 30.3. The smallest absolute Gasteiger partial charge is 0.298 e. The van der Waals surface area contributed by atoms with Crippen LogP contribution in [0.5, 0.6) is 11.5 Å². The lowest BCUT2D eigenvalue weighted by Crippen LogP contribution is -2.68. The number of nitrogens with zero attached hydrogens (tertiary/aromatic N) is 3. The number of hydrogen-bond acceptors (Lipinski definition) is 6. The molecule has 0 N–H and O–H groups in total. The maximum absolute atomic E-state index is 16.8. The van der Waals surface area contributed by atoms with E-state index in [2.05, 4.69) is 25.8 Å². The molecule has 65 heavy (non-hydrogen) atoms. The van der Waals surface area contributed by atoms with E-state index in [4.69, 9.17) is 9.47 Å². The Kier molecular flexibility index (Phi) is 15.5. The van der Waals surface area contributed by atoms with E-state index < -0.39 is 82.8 Å². The number of halogens is 7. The second kappa shape index (κ2) is 19.5. The Balaban J connectivity index is 1.51. The first kappa shape index (κ1) is 51.6. The van der Waals surface area contributed by atoms with Crippen LogP contribution in [0.3, 0.4) is 0 Å². The molecule has 0 spiro atoms. The molecule has 0 radical (unpaired) electrons. The van der Waals surface area contributed by atoms with Crippen LogP contribution in [0, 0.1) is 10.8 Å². The van der Waals surface area contributed by atoms with Gasteiger partial charge in [0.15, 0.2) is 0 Å². The number of carbonyl (C=O) groups is 2. The molecule has 3 aromatic rings. The Morgan fingerprint density at radius 3 is 2.03 bits per heavy atom. The van der Waals surface area contributed by atoms with E-state index in [9.17, 15) is 18.4 Å². The van der Waals surface area contributed by atoms with Crippen molar-refractivity contribution in [2.24, 2.45) is 10.8 Å². The van der Waals surface area contributed by atoms with Gasteiger partial charge in [0.05, 0.1) is 32.9 Å². The molecule has 0 saturated carbocycles. The van der Waals surface area contributed by atoms with Crippen molar-refractivity contribution in [3.8, 4) is 22.6 Å². The zero-order valence-electron chi connectivity index (χ0n) is 38.6. The molecule has 5 rings (SSSR count). The van der Waals surface area contributed by atoms with Gasteiger partial charge < -0.3 is 14.4 Å². The summed E-state index contributed by atoms with van der Waals surface area (Å²) < 4.78 is 121. The molecular weight excluding hydrogens is 872 g/mol. The Morgan fingerprint density at radius 1 is 0.938 bits per heavy atom. The van der Waals surface area contributed by atoms with Crippen LogP contribution in [-0.2, 0) is 22.6 Å². The van der Waals surface area contributed by atoms with E-state index in [0.29, 0.717) is 56.5 Å². The highest BCUT2D eigenvalue weighted by Crippen LogP contribution is 2.57. The van der Waals surface area contributed by atoms with Gasteiger partial charge in [-0.25, -0.2) is 30.7 Å². The van der Waals surface area contributed by atoms with Gasteiger partial charge in [-0.3, -0.25) is 19.4 Å². The third kappa shape index (κ3) is 9.61. The third-order valence-electron chi connectivity index (χ3n) is 13.5. The Bertz CT molecular complexity index is 2280. The summed E-state index contributed by atoms with van der Waals surface area (Å²) in [6, 6.07) is 13.0. The quantitative estimate of drug-likeness (QED) is 0.0779. The predicted molar refractivity (Wildman–Crippen MR) is 246 cm³/mol. The fourth-order valence-electron chi connectivity index (χ4n) is 10.3. The van der Waals surface area contributed by atoms with Gasteiger partial charge in [-0.1, -0.05) is 74.5 Å². The van der Waals surface area contributed by atoms with Crippen LogP contribution in [0.2, 0.25) is 0 Å². The van der Waals surface area contributed by atoms with E-state index in [0.717, 1.165) is 24.8 Å². The lowest BCUT2D eigenvalue weighted by molar-refractivity contribution is -0.211. The van der Waals surface area contributed by atoms with Crippen molar-refractivity contribution in [3.63, 3.8) is 0 Å². The fourth-order valence-corrected chi connectivity index (χ4v) is 10.5. The number of likely N-dealkylation sites (tertiary alicyclic amines) is 2. The number of alkyl halides is 7. The summed E-state index contributed by atoms with van der Waals surface area (Å²) in [6.07, 6.45) is 1.95. The molecule has 3 aromatic carbocycles. The number of carbonyl (C=O) groups excluding carboxylic acids is 2. The average molecular weight is 934 g/mol. The molecule has 2 heterocycles. The summed E-state index contributed by atoms with van der Waals surface area (Å²) in [5.74, 6) is -10.8. The van der Waals surface area contributed by atoms with Crippen molar-refractivity contribution in [2.75, 3.05) is 54.0 Å². The van der Waals surface area contributed by atoms with Crippen LogP contribution in [0.1, 0.15) is 71.4 Å². The monoisotopic (exact) mass is 933 g/mol. The number of allylic oxidation sites excluding steroid dienone is 3. The van der Waals surface area contributed by atoms with Crippen LogP contribution in [-0.4, -0.2) is 109 Å². The summed E-state index contributed by atoms with van der Waals surface area (Å²) in [6.45, 7) is 12.5. The highest BCUT2D eigenvalue weighted by molar-refractivity contribution is 7.96. The second-order valence-corrected chi connectivity index (χ2v) is 18.6. The van der Waals surface area contributed by atoms with Gasteiger partial charge in [0.2, 0.25) is 16.7 Å². The highest BCUT2D eigenvalue weighted by Gasteiger charge is 2.69. The minimum atomic E-state index is -3.74. The SMILES string of the molecule is C=C(C)C(F)(F)C1(C(=O)N(C)[C@@H](Cc2cccc3c(-c4c(OC)cc(CN5CC(F)(F)C(F)(/C=C/C)C(CCC)(C(=C)C)C5)cc4OC)cccc23)C(=O)S)CCN(CC(C)(F)F)CC1. The molecule has 0 bridgehead atoms. The van der Waals surface area contributed by atoms with Crippen LogP contribution in [0.15, 0.2) is 85.0 Å². The van der Waals surface area contributed by atoms with Crippen molar-refractivity contribution in [2.45, 2.75) is 103 Å². The molecule has 2 aliphatic rings. The molecule has 2 fully saturated rings. The molecule has 2 saturated heterocycles. The number of thiol groups is 1. The van der Waals surface area contributed by atoms with Gasteiger partial charge in [-0.05, 0) is 104 Å². The topological polar surface area (TPSA) is 62.3 Å². The summed E-state index contributed by atoms with van der Waals surface area (Å²) in [5.41, 5.74) is -4.71. The third-order valence-corrected chi connectivity index (χ3v) is 13.8. The molecule has 0 aromatic heterocycles. The molecular formula is C50H62F7N3O4S. The van der Waals surface area contributed by atoms with Gasteiger partial charge >= 0.3 is 0 Å². The molecule has 1 amide bonds. The summed E-state index contributed by atoms with van der Waals surface area (Å²) >= 11 is 4.13. The van der Waals surface area contributed by atoms with Gasteiger partial charge in [-0.15, -0.1) is 12.6 Å². The molecule has 2 aliphatic heterocycles. The molecule has 3 atom stereocenters. The number of benzene rings is 3. The largest absolute Gasteiger partial charge is 0.496 e. The number of rotatable bonds is 18. The van der Waals surface area contributed by atoms with Gasteiger partial charge in [0, 0.05) is 38.9 Å². The maximum Gasteiger partial charge on any atom is 0.298 e. The van der Waals surface area contributed by atoms with Crippen LogP contribution in [0.25, 0.3) is 21.9 Å². The van der Waals surface area contributed by atoms with E-state index >= 15 is 22.0 Å². The highest BCUT2D eigenvalue weighted by atomic mass is 32.1. The van der Waals surface area contributed by atoms with Crippen molar-refractivity contribution in [1.82, 2.24) is 14.7 Å². The lowest BCUT2D eigenvalue weighted by Gasteiger charge is -2.55. The van der Waals surface area contributed by atoms with E-state index in [1.807, 2.05) is 25.1 Å². The summed E-state index contributed by atoms with van der Waals surface area (Å²) in [7, 11) is 4.22. The molecule has 15 heteroatoms. The summed E-state index contributed by atoms with van der Waals surface area (Å²) in [4.78, 5) is 31.6. The van der Waals surface area contributed by atoms with E-state index in [1.54, 1.807) is 42.2 Å². The Morgan fingerprint density at radius 2 is 1.52 bits per heavy atom. The zero-order valence-corrected chi connectivity index (χ0v) is 39.5. The van der Waals surface area contributed by atoms with Gasteiger partial charge in [0.1, 0.15) is 23.0 Å². The number of likely N-dealkylation sites (N-methyl/N-ethyl adjacent to an activating group) is 1. The standard InChI is InChI=1S/C50H62F7N3O4S/c1-11-19-47(32(3)4)30-60(31-49(54,55)48(47,53)20-12-2)28-34-25-40(63-9)42(41(26-34)64-10)38-18-14-16-36-35(15-13-17-37(36)38)27-39(43(61)65)58(8)44(62)46(50(56,57)33(5)6)21-23-59(24-22-46)29-45(7,51)52/h12-18,20,25-26,39H,3,5,11,19,21-24,27-31H2,1-2,4,6-10H3,(H,61,65)/b20-12+/t39-,47?,48?/m0/s1.